The van der Waals surface area contributed by atoms with E-state index >= 15 is 0 Å². The van der Waals surface area contributed by atoms with Crippen LogP contribution < -0.4 is 5.73 Å². The smallest absolute Gasteiger partial charge is 0.0171 e. The van der Waals surface area contributed by atoms with Crippen molar-refractivity contribution in [2.45, 2.75) is 58.5 Å². The van der Waals surface area contributed by atoms with Crippen LogP contribution in [0.3, 0.4) is 0 Å². The number of nitrogens with zero attached hydrogens (tertiary/aromatic N) is 1. The molecule has 1 heterocycles. The lowest BCUT2D eigenvalue weighted by Crippen LogP contribution is -2.54. The van der Waals surface area contributed by atoms with E-state index in [0.717, 1.165) is 12.5 Å². The summed E-state index contributed by atoms with van der Waals surface area (Å²) in [6.45, 7) is 11.6. The van der Waals surface area contributed by atoms with Crippen LogP contribution in [0.5, 0.6) is 0 Å². The molecular weight excluding hydrogens is 172 g/mol. The molecule has 0 bridgehead atoms. The SMILES string of the molecule is CCCC(C)(C)N1C[C@H](C)C[C@H](N)C1. The molecule has 0 aromatic rings. The van der Waals surface area contributed by atoms with Crippen LogP contribution in [0.2, 0.25) is 0 Å². The molecule has 2 N–H and O–H groups in total. The molecule has 84 valence electrons. The van der Waals surface area contributed by atoms with Gasteiger partial charge in [-0.15, -0.1) is 0 Å². The van der Waals surface area contributed by atoms with Gasteiger partial charge in [0, 0.05) is 24.7 Å². The summed E-state index contributed by atoms with van der Waals surface area (Å²) in [5, 5.41) is 0. The van der Waals surface area contributed by atoms with Crippen molar-refractivity contribution in [1.29, 1.82) is 0 Å². The molecule has 0 unspecified atom stereocenters. The zero-order chi connectivity index (χ0) is 10.8. The highest BCUT2D eigenvalue weighted by Crippen LogP contribution is 2.26. The van der Waals surface area contributed by atoms with E-state index in [1.165, 1.54) is 25.8 Å². The molecule has 1 fully saturated rings. The molecule has 2 heteroatoms. The maximum Gasteiger partial charge on any atom is 0.0171 e. The molecule has 0 amide bonds. The highest BCUT2D eigenvalue weighted by Gasteiger charge is 2.31. The van der Waals surface area contributed by atoms with E-state index in [0.29, 0.717) is 11.6 Å². The minimum Gasteiger partial charge on any atom is -0.327 e. The van der Waals surface area contributed by atoms with Crippen molar-refractivity contribution >= 4 is 0 Å². The van der Waals surface area contributed by atoms with E-state index in [1.54, 1.807) is 0 Å². The standard InChI is InChI=1S/C12H26N2/c1-5-6-12(3,4)14-8-10(2)7-11(13)9-14/h10-11H,5-9,13H2,1-4H3/t10-,11+/m1/s1. The molecule has 14 heavy (non-hydrogen) atoms. The maximum absolute atomic E-state index is 6.07. The topological polar surface area (TPSA) is 29.3 Å². The Morgan fingerprint density at radius 2 is 2.00 bits per heavy atom. The monoisotopic (exact) mass is 198 g/mol. The highest BCUT2D eigenvalue weighted by molar-refractivity contribution is 4.88. The number of rotatable bonds is 3. The predicted octanol–water partition coefficient (Wildman–Crippen LogP) is 2.23. The average molecular weight is 198 g/mol. The summed E-state index contributed by atoms with van der Waals surface area (Å²) in [6.07, 6.45) is 3.72. The van der Waals surface area contributed by atoms with Gasteiger partial charge in [0.15, 0.2) is 0 Å². The normalized spacial score (nSPS) is 30.6. The summed E-state index contributed by atoms with van der Waals surface area (Å²) in [5.74, 6) is 0.759. The third kappa shape index (κ3) is 2.96. The Balaban J connectivity index is 2.57. The fraction of sp³-hybridized carbons (Fsp3) is 1.00. The quantitative estimate of drug-likeness (QED) is 0.753. The Hall–Kier alpha value is -0.0800. The van der Waals surface area contributed by atoms with E-state index in [2.05, 4.69) is 32.6 Å². The summed E-state index contributed by atoms with van der Waals surface area (Å²) in [6, 6.07) is 0.384. The first-order valence-electron chi connectivity index (χ1n) is 5.96. The number of likely N-dealkylation sites (tertiary alicyclic amines) is 1. The zero-order valence-corrected chi connectivity index (χ0v) is 10.2. The highest BCUT2D eigenvalue weighted by atomic mass is 15.2. The van der Waals surface area contributed by atoms with Gasteiger partial charge in [0.1, 0.15) is 0 Å². The zero-order valence-electron chi connectivity index (χ0n) is 10.2. The first kappa shape index (κ1) is 12.0. The lowest BCUT2D eigenvalue weighted by atomic mass is 9.89. The Kier molecular flexibility index (Phi) is 3.96. The predicted molar refractivity (Wildman–Crippen MR) is 62.3 cm³/mol. The fourth-order valence-corrected chi connectivity index (χ4v) is 2.66. The summed E-state index contributed by atoms with van der Waals surface area (Å²) < 4.78 is 0. The van der Waals surface area contributed by atoms with Crippen LogP contribution >= 0.6 is 0 Å². The summed E-state index contributed by atoms with van der Waals surface area (Å²) in [4.78, 5) is 2.58. The van der Waals surface area contributed by atoms with Crippen LogP contribution in [0, 0.1) is 5.92 Å². The molecule has 1 saturated heterocycles. The van der Waals surface area contributed by atoms with Crippen LogP contribution in [-0.4, -0.2) is 29.6 Å². The fourth-order valence-electron chi connectivity index (χ4n) is 2.66. The Morgan fingerprint density at radius 1 is 1.36 bits per heavy atom. The molecule has 0 aromatic heterocycles. The van der Waals surface area contributed by atoms with Crippen LogP contribution in [-0.2, 0) is 0 Å². The molecule has 0 spiro atoms. The van der Waals surface area contributed by atoms with Gasteiger partial charge in [0.05, 0.1) is 0 Å². The molecule has 1 rings (SSSR count). The van der Waals surface area contributed by atoms with Crippen LogP contribution in [0.25, 0.3) is 0 Å². The van der Waals surface area contributed by atoms with Crippen molar-refractivity contribution in [1.82, 2.24) is 4.90 Å². The van der Waals surface area contributed by atoms with E-state index in [-0.39, 0.29) is 0 Å². The molecule has 0 saturated carbocycles. The van der Waals surface area contributed by atoms with Crippen molar-refractivity contribution in [3.63, 3.8) is 0 Å². The van der Waals surface area contributed by atoms with Gasteiger partial charge >= 0.3 is 0 Å². The summed E-state index contributed by atoms with van der Waals surface area (Å²) in [5.41, 5.74) is 6.40. The lowest BCUT2D eigenvalue weighted by Gasteiger charge is -2.45. The van der Waals surface area contributed by atoms with Crippen molar-refractivity contribution in [2.24, 2.45) is 11.7 Å². The Bertz CT molecular complexity index is 167. The van der Waals surface area contributed by atoms with Crippen LogP contribution in [0.4, 0.5) is 0 Å². The molecule has 2 nitrogen and oxygen atoms in total. The summed E-state index contributed by atoms with van der Waals surface area (Å²) in [7, 11) is 0. The Morgan fingerprint density at radius 3 is 2.50 bits per heavy atom. The van der Waals surface area contributed by atoms with Gasteiger partial charge in [-0.3, -0.25) is 4.90 Å². The van der Waals surface area contributed by atoms with Gasteiger partial charge in [-0.1, -0.05) is 20.3 Å². The van der Waals surface area contributed by atoms with E-state index in [1.807, 2.05) is 0 Å². The van der Waals surface area contributed by atoms with Crippen molar-refractivity contribution in [3.05, 3.63) is 0 Å². The number of hydrogen-bond acceptors (Lipinski definition) is 2. The van der Waals surface area contributed by atoms with Gasteiger partial charge in [-0.25, -0.2) is 0 Å². The minimum atomic E-state index is 0.334. The second-order valence-corrected chi connectivity index (χ2v) is 5.57. The van der Waals surface area contributed by atoms with Crippen LogP contribution in [0.15, 0.2) is 0 Å². The van der Waals surface area contributed by atoms with Gasteiger partial charge < -0.3 is 5.73 Å². The second kappa shape index (κ2) is 4.63. The van der Waals surface area contributed by atoms with Gasteiger partial charge in [0.25, 0.3) is 0 Å². The number of nitrogens with two attached hydrogens (primary N) is 1. The molecule has 1 aliphatic rings. The van der Waals surface area contributed by atoms with E-state index in [9.17, 15) is 0 Å². The summed E-state index contributed by atoms with van der Waals surface area (Å²) >= 11 is 0. The number of hydrogen-bond donors (Lipinski definition) is 1. The second-order valence-electron chi connectivity index (χ2n) is 5.57. The molecule has 0 radical (unpaired) electrons. The molecule has 1 aliphatic heterocycles. The van der Waals surface area contributed by atoms with Gasteiger partial charge in [-0.05, 0) is 32.6 Å². The average Bonchev–Trinajstić information content (AvgIpc) is 2.02. The molecule has 0 aliphatic carbocycles. The van der Waals surface area contributed by atoms with E-state index < -0.39 is 0 Å². The lowest BCUT2D eigenvalue weighted by molar-refractivity contribution is 0.0548. The Labute approximate surface area is 88.8 Å². The van der Waals surface area contributed by atoms with Crippen molar-refractivity contribution in [2.75, 3.05) is 13.1 Å². The number of piperidine rings is 1. The molecule has 2 atom stereocenters. The largest absolute Gasteiger partial charge is 0.327 e. The first-order chi connectivity index (χ1) is 6.45. The third-order valence-corrected chi connectivity index (χ3v) is 3.41. The maximum atomic E-state index is 6.07. The van der Waals surface area contributed by atoms with E-state index in [4.69, 9.17) is 5.73 Å². The van der Waals surface area contributed by atoms with Crippen molar-refractivity contribution < 1.29 is 0 Å². The molecular formula is C12H26N2. The minimum absolute atomic E-state index is 0.334. The van der Waals surface area contributed by atoms with Crippen molar-refractivity contribution in [3.8, 4) is 0 Å². The van der Waals surface area contributed by atoms with Gasteiger partial charge in [0.2, 0.25) is 0 Å². The van der Waals surface area contributed by atoms with Crippen LogP contribution in [0.1, 0.15) is 47.0 Å². The third-order valence-electron chi connectivity index (χ3n) is 3.41. The van der Waals surface area contributed by atoms with Gasteiger partial charge in [-0.2, -0.15) is 0 Å². The first-order valence-corrected chi connectivity index (χ1v) is 5.96. The molecule has 0 aromatic carbocycles.